The SMILES string of the molecule is CNC=C=C=O. The van der Waals surface area contributed by atoms with E-state index in [4.69, 9.17) is 0 Å². The molecule has 2 nitrogen and oxygen atoms in total. The predicted molar refractivity (Wildman–Crippen MR) is 22.8 cm³/mol. The van der Waals surface area contributed by atoms with Crippen LogP contribution >= 0.6 is 0 Å². The van der Waals surface area contributed by atoms with Crippen molar-refractivity contribution in [2.24, 2.45) is 0 Å². The number of rotatable bonds is 1. The van der Waals surface area contributed by atoms with Crippen LogP contribution in [0.2, 0.25) is 0 Å². The minimum atomic E-state index is 1.38. The number of hydrogen-bond acceptors (Lipinski definition) is 2. The van der Waals surface area contributed by atoms with Gasteiger partial charge in [0.15, 0.2) is 5.94 Å². The second-order valence-corrected chi connectivity index (χ2v) is 0.679. The highest BCUT2D eigenvalue weighted by Crippen LogP contribution is 1.40. The van der Waals surface area contributed by atoms with Crippen molar-refractivity contribution in [2.45, 2.75) is 0 Å². The molecule has 0 amide bonds. The number of carbonyl (C=O) groups excluding carboxylic acids is 1. The molecular weight excluding hydrogens is 78.0 g/mol. The van der Waals surface area contributed by atoms with Gasteiger partial charge in [0.1, 0.15) is 0 Å². The van der Waals surface area contributed by atoms with E-state index >= 15 is 0 Å². The van der Waals surface area contributed by atoms with Crippen LogP contribution in [-0.2, 0) is 4.79 Å². The topological polar surface area (TPSA) is 29.1 Å². The standard InChI is InChI=1S/C4H5NO/c1-5-3-2-4-6/h3,5H,1H3. The summed E-state index contributed by atoms with van der Waals surface area (Å²) in [5.74, 6) is 1.45. The molecule has 0 aromatic heterocycles. The van der Waals surface area contributed by atoms with E-state index in [0.717, 1.165) is 0 Å². The maximum absolute atomic E-state index is 9.26. The zero-order chi connectivity index (χ0) is 4.83. The van der Waals surface area contributed by atoms with E-state index in [0.29, 0.717) is 0 Å². The van der Waals surface area contributed by atoms with E-state index in [-0.39, 0.29) is 0 Å². The first kappa shape index (κ1) is 5.03. The van der Waals surface area contributed by atoms with Crippen LogP contribution in [0.25, 0.3) is 0 Å². The van der Waals surface area contributed by atoms with Gasteiger partial charge in [0.25, 0.3) is 0 Å². The molecule has 2 heteroatoms. The zero-order valence-electron chi connectivity index (χ0n) is 3.49. The molecule has 0 heterocycles. The molecule has 0 unspecified atom stereocenters. The summed E-state index contributed by atoms with van der Waals surface area (Å²) in [5, 5.41) is 2.57. The Bertz CT molecular complexity index is 96.1. The first-order valence-corrected chi connectivity index (χ1v) is 1.53. The lowest BCUT2D eigenvalue weighted by molar-refractivity contribution is 0.569. The van der Waals surface area contributed by atoms with Crippen molar-refractivity contribution >= 4 is 5.94 Å². The highest BCUT2D eigenvalue weighted by atomic mass is 16.1. The summed E-state index contributed by atoms with van der Waals surface area (Å²) in [6.45, 7) is 0. The van der Waals surface area contributed by atoms with Crippen LogP contribution in [0.3, 0.4) is 0 Å². The van der Waals surface area contributed by atoms with Gasteiger partial charge in [-0.1, -0.05) is 0 Å². The van der Waals surface area contributed by atoms with Gasteiger partial charge in [-0.3, -0.25) is 0 Å². The average Bonchev–Trinajstić information content (AvgIpc) is 1.61. The second kappa shape index (κ2) is 4.03. The molecule has 1 N–H and O–H groups in total. The molecule has 0 atom stereocenters. The highest BCUT2D eigenvalue weighted by molar-refractivity contribution is 5.43. The Balaban J connectivity index is 3.47. The van der Waals surface area contributed by atoms with Crippen LogP contribution in [0.4, 0.5) is 0 Å². The fourth-order valence-electron chi connectivity index (χ4n) is 0.102. The lowest BCUT2D eigenvalue weighted by Gasteiger charge is -1.70. The van der Waals surface area contributed by atoms with Gasteiger partial charge in [-0.05, 0) is 5.73 Å². The van der Waals surface area contributed by atoms with Crippen LogP contribution in [-0.4, -0.2) is 13.0 Å². The number of nitrogens with one attached hydrogen (secondary N) is 1. The van der Waals surface area contributed by atoms with Crippen LogP contribution in [0.5, 0.6) is 0 Å². The molecule has 6 heavy (non-hydrogen) atoms. The van der Waals surface area contributed by atoms with Gasteiger partial charge in [-0.25, -0.2) is 4.79 Å². The average molecular weight is 83.1 g/mol. The van der Waals surface area contributed by atoms with E-state index < -0.39 is 0 Å². The van der Waals surface area contributed by atoms with Crippen molar-refractivity contribution in [3.05, 3.63) is 11.9 Å². The molecule has 0 saturated carbocycles. The first-order chi connectivity index (χ1) is 2.91. The van der Waals surface area contributed by atoms with Gasteiger partial charge in [0, 0.05) is 7.05 Å². The normalized spacial score (nSPS) is 4.83. The summed E-state index contributed by atoms with van der Waals surface area (Å²) in [6.07, 6.45) is 1.38. The van der Waals surface area contributed by atoms with Gasteiger partial charge < -0.3 is 5.32 Å². The van der Waals surface area contributed by atoms with Gasteiger partial charge >= 0.3 is 0 Å². The largest absolute Gasteiger partial charge is 0.387 e. The molecule has 32 valence electrons. The van der Waals surface area contributed by atoms with E-state index in [1.807, 2.05) is 0 Å². The molecule has 0 spiro atoms. The highest BCUT2D eigenvalue weighted by Gasteiger charge is 1.45. The molecule has 0 aromatic carbocycles. The van der Waals surface area contributed by atoms with Crippen molar-refractivity contribution in [3.8, 4) is 0 Å². The molecule has 0 aromatic rings. The van der Waals surface area contributed by atoms with Crippen LogP contribution in [0, 0.1) is 0 Å². The molecule has 0 aliphatic rings. The first-order valence-electron chi connectivity index (χ1n) is 1.53. The van der Waals surface area contributed by atoms with Gasteiger partial charge in [0.05, 0.1) is 6.20 Å². The quantitative estimate of drug-likeness (QED) is 0.348. The minimum Gasteiger partial charge on any atom is -0.387 e. The molecule has 0 fully saturated rings. The predicted octanol–water partition coefficient (Wildman–Crippen LogP) is -0.294. The van der Waals surface area contributed by atoms with Crippen molar-refractivity contribution in [1.82, 2.24) is 5.32 Å². The third-order valence-electron chi connectivity index (χ3n) is 0.275. The lowest BCUT2D eigenvalue weighted by Crippen LogP contribution is -1.88. The molecule has 0 bridgehead atoms. The maximum Gasteiger partial charge on any atom is 0.178 e. The Hall–Kier alpha value is -0.970. The summed E-state index contributed by atoms with van der Waals surface area (Å²) in [5.41, 5.74) is 2.16. The van der Waals surface area contributed by atoms with Crippen molar-refractivity contribution < 1.29 is 4.79 Å². The summed E-state index contributed by atoms with van der Waals surface area (Å²) >= 11 is 0. The third kappa shape index (κ3) is 3.03. The fraction of sp³-hybridized carbons (Fsp3) is 0.250. The van der Waals surface area contributed by atoms with E-state index in [1.54, 1.807) is 7.05 Å². The fourth-order valence-corrected chi connectivity index (χ4v) is 0.102. The van der Waals surface area contributed by atoms with Gasteiger partial charge in [0.2, 0.25) is 0 Å². The molecule has 0 saturated heterocycles. The molecule has 0 aliphatic carbocycles. The Morgan fingerprint density at radius 2 is 2.50 bits per heavy atom. The van der Waals surface area contributed by atoms with E-state index in [9.17, 15) is 4.79 Å². The maximum atomic E-state index is 9.26. The smallest absolute Gasteiger partial charge is 0.178 e. The molecule has 0 rings (SSSR count). The number of hydrogen-bond donors (Lipinski definition) is 1. The Morgan fingerprint density at radius 3 is 2.67 bits per heavy atom. The van der Waals surface area contributed by atoms with Gasteiger partial charge in [-0.15, -0.1) is 0 Å². The minimum absolute atomic E-state index is 1.38. The Morgan fingerprint density at radius 1 is 1.83 bits per heavy atom. The Kier molecular flexibility index (Phi) is 3.38. The van der Waals surface area contributed by atoms with E-state index in [2.05, 4.69) is 11.0 Å². The lowest BCUT2D eigenvalue weighted by atomic mass is 10.9. The monoisotopic (exact) mass is 83.0 g/mol. The zero-order valence-corrected chi connectivity index (χ0v) is 3.49. The van der Waals surface area contributed by atoms with E-state index in [1.165, 1.54) is 12.1 Å². The van der Waals surface area contributed by atoms with Gasteiger partial charge in [-0.2, -0.15) is 0 Å². The van der Waals surface area contributed by atoms with Crippen molar-refractivity contribution in [2.75, 3.05) is 7.05 Å². The van der Waals surface area contributed by atoms with Crippen LogP contribution in [0.15, 0.2) is 11.9 Å². The Labute approximate surface area is 36.2 Å². The van der Waals surface area contributed by atoms with Crippen LogP contribution in [0.1, 0.15) is 0 Å². The summed E-state index contributed by atoms with van der Waals surface area (Å²) < 4.78 is 0. The van der Waals surface area contributed by atoms with Crippen LogP contribution < -0.4 is 5.32 Å². The van der Waals surface area contributed by atoms with Crippen molar-refractivity contribution in [3.63, 3.8) is 0 Å². The second-order valence-electron chi connectivity index (χ2n) is 0.679. The molecule has 0 aliphatic heterocycles. The third-order valence-corrected chi connectivity index (χ3v) is 0.275. The summed E-state index contributed by atoms with van der Waals surface area (Å²) in [7, 11) is 1.68. The van der Waals surface area contributed by atoms with Crippen molar-refractivity contribution in [1.29, 1.82) is 0 Å². The summed E-state index contributed by atoms with van der Waals surface area (Å²) in [6, 6.07) is 0. The summed E-state index contributed by atoms with van der Waals surface area (Å²) in [4.78, 5) is 9.26. The molecular formula is C4H5NO. The molecule has 0 radical (unpaired) electrons.